The topological polar surface area (TPSA) is 185 Å². The first-order valence-corrected chi connectivity index (χ1v) is 13.8. The summed E-state index contributed by atoms with van der Waals surface area (Å²) in [5.74, 6) is -1.45. The molecule has 1 atom stereocenters. The van der Waals surface area contributed by atoms with Gasteiger partial charge in [-0.05, 0) is 24.1 Å². The molecule has 1 rings (SSSR count). The minimum atomic E-state index is -5.16. The van der Waals surface area contributed by atoms with E-state index in [2.05, 4.69) is 5.32 Å². The van der Waals surface area contributed by atoms with Gasteiger partial charge in [-0.3, -0.25) is 13.9 Å². The lowest BCUT2D eigenvalue weighted by molar-refractivity contribution is -0.141. The van der Waals surface area contributed by atoms with Crippen molar-refractivity contribution in [3.63, 3.8) is 0 Å². The molecule has 1 amide bonds. The fourth-order valence-corrected chi connectivity index (χ4v) is 5.82. The minimum Gasteiger partial charge on any atom is -0.480 e. The number of hydrogen-bond donors (Lipinski definition) is 6. The lowest BCUT2D eigenvalue weighted by Crippen LogP contribution is -2.42. The molecular weight excluding hydrogens is 509 g/mol. The Morgan fingerprint density at radius 2 is 1.47 bits per heavy atom. The van der Waals surface area contributed by atoms with Crippen LogP contribution in [0.15, 0.2) is 24.3 Å². The third kappa shape index (κ3) is 9.77. The van der Waals surface area contributed by atoms with Crippen LogP contribution in [-0.4, -0.2) is 72.8 Å². The van der Waals surface area contributed by atoms with Gasteiger partial charge in [0.2, 0.25) is 5.91 Å². The van der Waals surface area contributed by atoms with E-state index < -0.39 is 51.4 Å². The van der Waals surface area contributed by atoms with Crippen LogP contribution < -0.4 is 10.2 Å². The summed E-state index contributed by atoms with van der Waals surface area (Å²) < 4.78 is 22.6. The number of carbonyl (C=O) groups excluding carboxylic acids is 1. The van der Waals surface area contributed by atoms with E-state index in [0.29, 0.717) is 30.4 Å². The highest BCUT2D eigenvalue weighted by Gasteiger charge is 2.43. The molecule has 15 heteroatoms. The van der Waals surface area contributed by atoms with Gasteiger partial charge in [0.15, 0.2) is 5.40 Å². The number of nitrogens with one attached hydrogen (secondary N) is 1. The number of carboxylic acids is 1. The molecule has 11 nitrogen and oxygen atoms in total. The van der Waals surface area contributed by atoms with Crippen molar-refractivity contribution in [1.29, 1.82) is 0 Å². The van der Waals surface area contributed by atoms with Crippen molar-refractivity contribution in [1.82, 2.24) is 5.32 Å². The van der Waals surface area contributed by atoms with E-state index in [4.69, 9.17) is 42.8 Å². The Bertz CT molecular complexity index is 832. The monoisotopic (exact) mass is 534 g/mol. The molecule has 6 N–H and O–H groups in total. The van der Waals surface area contributed by atoms with E-state index >= 15 is 0 Å². The zero-order valence-electron chi connectivity index (χ0n) is 16.9. The quantitative estimate of drug-likeness (QED) is 0.151. The van der Waals surface area contributed by atoms with Gasteiger partial charge in [0.05, 0.1) is 0 Å². The predicted octanol–water partition coefficient (Wildman–Crippen LogP) is 1.54. The van der Waals surface area contributed by atoms with Crippen molar-refractivity contribution >= 4 is 56.0 Å². The van der Waals surface area contributed by atoms with E-state index in [0.717, 1.165) is 5.69 Å². The van der Waals surface area contributed by atoms with Crippen molar-refractivity contribution in [2.45, 2.75) is 30.7 Å². The Hall–Kier alpha value is -1.16. The molecule has 0 bridgehead atoms. The first-order chi connectivity index (χ1) is 14.8. The molecule has 1 aromatic rings. The number of hydrogen-bond acceptors (Lipinski definition) is 5. The summed E-state index contributed by atoms with van der Waals surface area (Å²) in [5, 5.41) is 9.28. The Kier molecular flexibility index (Phi) is 11.7. The summed E-state index contributed by atoms with van der Waals surface area (Å²) in [7, 11) is -10.3. The highest BCUT2D eigenvalue weighted by atomic mass is 35.5. The summed E-state index contributed by atoms with van der Waals surface area (Å²) in [6, 6.07) is 5.55. The maximum Gasteiger partial charge on any atom is 0.340 e. The van der Waals surface area contributed by atoms with Crippen LogP contribution in [0.1, 0.15) is 18.4 Å². The average Bonchev–Trinajstić information content (AvgIpc) is 2.66. The van der Waals surface area contributed by atoms with Crippen molar-refractivity contribution in [2.75, 3.05) is 29.7 Å². The number of benzene rings is 1. The average molecular weight is 535 g/mol. The zero-order chi connectivity index (χ0) is 24.5. The van der Waals surface area contributed by atoms with Crippen molar-refractivity contribution < 1.29 is 43.4 Å². The van der Waals surface area contributed by atoms with E-state index in [1.54, 1.807) is 24.3 Å². The summed E-state index contributed by atoms with van der Waals surface area (Å²) in [6.07, 6.45) is -1.55. The molecule has 0 aliphatic rings. The number of nitrogens with zero attached hydrogens (tertiary/aromatic N) is 1. The molecule has 0 spiro atoms. The van der Waals surface area contributed by atoms with Gasteiger partial charge in [0.25, 0.3) is 0 Å². The third-order valence-electron chi connectivity index (χ3n) is 4.49. The van der Waals surface area contributed by atoms with Gasteiger partial charge in [0.1, 0.15) is 6.04 Å². The van der Waals surface area contributed by atoms with E-state index in [1.807, 2.05) is 4.90 Å². The van der Waals surface area contributed by atoms with Crippen molar-refractivity contribution in [2.24, 2.45) is 0 Å². The van der Waals surface area contributed by atoms with Crippen LogP contribution >= 0.6 is 38.4 Å². The highest BCUT2D eigenvalue weighted by Crippen LogP contribution is 2.61. The summed E-state index contributed by atoms with van der Waals surface area (Å²) in [4.78, 5) is 62.0. The number of carboxylic acid groups (broad SMARTS) is 1. The zero-order valence-corrected chi connectivity index (χ0v) is 20.2. The van der Waals surface area contributed by atoms with Gasteiger partial charge >= 0.3 is 21.2 Å². The molecule has 0 unspecified atom stereocenters. The normalized spacial score (nSPS) is 13.1. The first kappa shape index (κ1) is 28.9. The molecule has 0 radical (unpaired) electrons. The maximum atomic E-state index is 12.1. The van der Waals surface area contributed by atoms with Gasteiger partial charge in [0, 0.05) is 43.4 Å². The smallest absolute Gasteiger partial charge is 0.340 e. The number of halogens is 2. The molecule has 32 heavy (non-hydrogen) atoms. The van der Waals surface area contributed by atoms with Gasteiger partial charge in [-0.15, -0.1) is 23.2 Å². The fraction of sp³-hybridized carbons (Fsp3) is 0.529. The van der Waals surface area contributed by atoms with E-state index in [9.17, 15) is 23.8 Å². The predicted molar refractivity (Wildman–Crippen MR) is 120 cm³/mol. The molecule has 0 saturated carbocycles. The number of rotatable bonds is 14. The van der Waals surface area contributed by atoms with Gasteiger partial charge in [-0.1, -0.05) is 12.1 Å². The SMILES string of the molecule is O=C(CCC(P(=O)(O)O)P(=O)(O)O)N[C@@H](Cc1ccc(N(CCCl)CCCl)cc1)C(=O)O. The Morgan fingerprint density at radius 3 is 1.88 bits per heavy atom. The van der Waals surface area contributed by atoms with Gasteiger partial charge in [-0.2, -0.15) is 0 Å². The van der Waals surface area contributed by atoms with Crippen LogP contribution in [0.3, 0.4) is 0 Å². The fourth-order valence-electron chi connectivity index (χ4n) is 2.91. The molecule has 0 aliphatic heterocycles. The third-order valence-corrected chi connectivity index (χ3v) is 8.70. The van der Waals surface area contributed by atoms with Gasteiger partial charge in [-0.25, -0.2) is 4.79 Å². The van der Waals surface area contributed by atoms with Crippen molar-refractivity contribution in [3.8, 4) is 0 Å². The van der Waals surface area contributed by atoms with Crippen molar-refractivity contribution in [3.05, 3.63) is 29.8 Å². The van der Waals surface area contributed by atoms with Crippen LogP contribution in [-0.2, 0) is 25.1 Å². The lowest BCUT2D eigenvalue weighted by Gasteiger charge is -2.23. The van der Waals surface area contributed by atoms with E-state index in [1.165, 1.54) is 0 Å². The molecular formula is C17H26Cl2N2O9P2. The maximum absolute atomic E-state index is 12.1. The number of carbonyl (C=O) groups is 2. The van der Waals surface area contributed by atoms with Crippen LogP contribution in [0.4, 0.5) is 5.69 Å². The van der Waals surface area contributed by atoms with Crippen LogP contribution in [0.25, 0.3) is 0 Å². The van der Waals surface area contributed by atoms with Gasteiger partial charge < -0.3 is 34.9 Å². The van der Waals surface area contributed by atoms with Crippen LogP contribution in [0, 0.1) is 0 Å². The standard InChI is InChI=1S/C17H26Cl2N2O9P2/c18-7-9-21(10-8-19)13-3-1-12(2-4-13)11-14(17(23)24)20-15(22)5-6-16(31(25,26)27)32(28,29)30/h1-4,14,16H,5-11H2,(H,20,22)(H,23,24)(H2,25,26,27)(H2,28,29,30)/t14-/m0/s1. The second-order valence-electron chi connectivity index (χ2n) is 6.89. The molecule has 0 saturated heterocycles. The Morgan fingerprint density at radius 1 is 0.969 bits per heavy atom. The molecule has 0 aliphatic carbocycles. The second kappa shape index (κ2) is 12.9. The lowest BCUT2D eigenvalue weighted by atomic mass is 10.0. The summed E-state index contributed by atoms with van der Waals surface area (Å²) >= 11 is 11.6. The Labute approximate surface area is 195 Å². The first-order valence-electron chi connectivity index (χ1n) is 9.38. The van der Waals surface area contributed by atoms with E-state index in [-0.39, 0.29) is 6.42 Å². The number of aliphatic carboxylic acids is 1. The molecule has 0 fully saturated rings. The Balaban J connectivity index is 2.80. The number of anilines is 1. The summed E-state index contributed by atoms with van der Waals surface area (Å²) in [6.45, 7) is 1.15. The molecule has 0 aromatic heterocycles. The highest BCUT2D eigenvalue weighted by molar-refractivity contribution is 7.70. The summed E-state index contributed by atoms with van der Waals surface area (Å²) in [5.41, 5.74) is 1.44. The number of alkyl halides is 2. The molecule has 1 aromatic carbocycles. The van der Waals surface area contributed by atoms with Crippen LogP contribution in [0.2, 0.25) is 0 Å². The number of amides is 1. The second-order valence-corrected chi connectivity index (χ2v) is 11.7. The molecule has 182 valence electrons. The van der Waals surface area contributed by atoms with Crippen LogP contribution in [0.5, 0.6) is 0 Å². The largest absolute Gasteiger partial charge is 0.480 e. The minimum absolute atomic E-state index is 0.0766. The molecule has 0 heterocycles.